The van der Waals surface area contributed by atoms with Gasteiger partial charge in [0.15, 0.2) is 0 Å². The van der Waals surface area contributed by atoms with Crippen LogP contribution in [0.25, 0.3) is 0 Å². The van der Waals surface area contributed by atoms with Crippen molar-refractivity contribution in [2.45, 2.75) is 19.3 Å². The molecule has 1 heterocycles. The standard InChI is InChI=1S/C13H18N2O4S/c16-13(17)10-15(9-11-4-5-11)20(18,19)8-6-12-3-1-2-7-14-12/h1-3,7,11H,4-6,8-10H2,(H,16,17). The summed E-state index contributed by atoms with van der Waals surface area (Å²) in [5.74, 6) is -0.907. The molecule has 0 aliphatic heterocycles. The van der Waals surface area contributed by atoms with E-state index >= 15 is 0 Å². The summed E-state index contributed by atoms with van der Waals surface area (Å²) in [6.07, 6.45) is 3.86. The number of pyridine rings is 1. The van der Waals surface area contributed by atoms with Crippen molar-refractivity contribution >= 4 is 16.0 Å². The zero-order chi connectivity index (χ0) is 14.6. The molecule has 6 nitrogen and oxygen atoms in total. The lowest BCUT2D eigenvalue weighted by molar-refractivity contribution is -0.137. The fourth-order valence-electron chi connectivity index (χ4n) is 1.92. The lowest BCUT2D eigenvalue weighted by Crippen LogP contribution is -2.39. The van der Waals surface area contributed by atoms with Gasteiger partial charge in [-0.15, -0.1) is 0 Å². The van der Waals surface area contributed by atoms with Crippen molar-refractivity contribution in [3.05, 3.63) is 30.1 Å². The molecular weight excluding hydrogens is 280 g/mol. The normalized spacial score (nSPS) is 15.4. The zero-order valence-electron chi connectivity index (χ0n) is 11.1. The van der Waals surface area contributed by atoms with Gasteiger partial charge in [-0.2, -0.15) is 4.31 Å². The maximum atomic E-state index is 12.2. The molecule has 1 aliphatic rings. The highest BCUT2D eigenvalue weighted by atomic mass is 32.2. The highest BCUT2D eigenvalue weighted by molar-refractivity contribution is 7.89. The summed E-state index contributed by atoms with van der Waals surface area (Å²) in [6, 6.07) is 5.33. The van der Waals surface area contributed by atoms with Crippen LogP contribution in [-0.4, -0.2) is 47.6 Å². The van der Waals surface area contributed by atoms with Crippen molar-refractivity contribution in [1.82, 2.24) is 9.29 Å². The first-order valence-electron chi connectivity index (χ1n) is 6.57. The Morgan fingerprint density at radius 2 is 2.15 bits per heavy atom. The highest BCUT2D eigenvalue weighted by Gasteiger charge is 2.31. The number of carbonyl (C=O) groups is 1. The van der Waals surface area contributed by atoms with Crippen molar-refractivity contribution in [3.8, 4) is 0 Å². The van der Waals surface area contributed by atoms with Gasteiger partial charge in [0.25, 0.3) is 0 Å². The van der Waals surface area contributed by atoms with E-state index in [1.807, 2.05) is 0 Å². The first-order chi connectivity index (χ1) is 9.47. The maximum absolute atomic E-state index is 12.2. The second-order valence-corrected chi connectivity index (χ2v) is 7.11. The molecule has 0 amide bonds. The Balaban J connectivity index is 1.99. The number of rotatable bonds is 8. The molecule has 1 fully saturated rings. The Kier molecular flexibility index (Phi) is 4.72. The molecule has 1 aromatic heterocycles. The molecule has 0 radical (unpaired) electrons. The number of nitrogens with zero attached hydrogens (tertiary/aromatic N) is 2. The second kappa shape index (κ2) is 6.32. The van der Waals surface area contributed by atoms with Gasteiger partial charge in [-0.25, -0.2) is 8.42 Å². The molecule has 110 valence electrons. The molecule has 20 heavy (non-hydrogen) atoms. The Morgan fingerprint density at radius 1 is 1.40 bits per heavy atom. The third kappa shape index (κ3) is 4.57. The smallest absolute Gasteiger partial charge is 0.318 e. The number of hydrogen-bond acceptors (Lipinski definition) is 4. The first-order valence-corrected chi connectivity index (χ1v) is 8.18. The number of carboxylic acid groups (broad SMARTS) is 1. The summed E-state index contributed by atoms with van der Waals surface area (Å²) >= 11 is 0. The third-order valence-corrected chi connectivity index (χ3v) is 4.99. The molecule has 0 spiro atoms. The van der Waals surface area contributed by atoms with Crippen molar-refractivity contribution in [2.24, 2.45) is 5.92 Å². The average Bonchev–Trinajstić information content (AvgIpc) is 3.20. The second-order valence-electron chi connectivity index (χ2n) is 5.02. The molecule has 1 aliphatic carbocycles. The fourth-order valence-corrected chi connectivity index (χ4v) is 3.39. The third-order valence-electron chi connectivity index (χ3n) is 3.21. The van der Waals surface area contributed by atoms with Gasteiger partial charge in [0.05, 0.1) is 5.75 Å². The van der Waals surface area contributed by atoms with E-state index in [-0.39, 0.29) is 5.75 Å². The van der Waals surface area contributed by atoms with Gasteiger partial charge in [0.2, 0.25) is 10.0 Å². The van der Waals surface area contributed by atoms with E-state index in [1.165, 1.54) is 0 Å². The van der Waals surface area contributed by atoms with Crippen LogP contribution >= 0.6 is 0 Å². The topological polar surface area (TPSA) is 87.6 Å². The van der Waals surface area contributed by atoms with Crippen LogP contribution in [0.1, 0.15) is 18.5 Å². The maximum Gasteiger partial charge on any atom is 0.318 e. The molecule has 1 N–H and O–H groups in total. The van der Waals surface area contributed by atoms with E-state index in [0.717, 1.165) is 17.1 Å². The number of hydrogen-bond donors (Lipinski definition) is 1. The van der Waals surface area contributed by atoms with Gasteiger partial charge >= 0.3 is 5.97 Å². The van der Waals surface area contributed by atoms with Crippen LogP contribution < -0.4 is 0 Å². The van der Waals surface area contributed by atoms with Gasteiger partial charge in [0.1, 0.15) is 6.54 Å². The van der Waals surface area contributed by atoms with Crippen molar-refractivity contribution in [3.63, 3.8) is 0 Å². The Hall–Kier alpha value is -1.47. The number of carboxylic acids is 1. The molecule has 0 bridgehead atoms. The van der Waals surface area contributed by atoms with Gasteiger partial charge in [-0.3, -0.25) is 9.78 Å². The van der Waals surface area contributed by atoms with E-state index < -0.39 is 22.5 Å². The minimum Gasteiger partial charge on any atom is -0.480 e. The molecule has 0 atom stereocenters. The highest BCUT2D eigenvalue weighted by Crippen LogP contribution is 2.30. The van der Waals surface area contributed by atoms with Gasteiger partial charge in [-0.05, 0) is 30.9 Å². The van der Waals surface area contributed by atoms with Crippen LogP contribution in [0.3, 0.4) is 0 Å². The van der Waals surface area contributed by atoms with Crippen LogP contribution in [0.5, 0.6) is 0 Å². The van der Waals surface area contributed by atoms with E-state index in [4.69, 9.17) is 5.11 Å². The lowest BCUT2D eigenvalue weighted by atomic mass is 10.3. The fraction of sp³-hybridized carbons (Fsp3) is 0.538. The summed E-state index contributed by atoms with van der Waals surface area (Å²) in [7, 11) is -3.56. The molecule has 1 aromatic rings. The summed E-state index contributed by atoms with van der Waals surface area (Å²) in [5.41, 5.74) is 0.692. The molecule has 0 aromatic carbocycles. The van der Waals surface area contributed by atoms with E-state index in [9.17, 15) is 13.2 Å². The zero-order valence-corrected chi connectivity index (χ0v) is 11.9. The molecule has 0 saturated heterocycles. The van der Waals surface area contributed by atoms with Crippen molar-refractivity contribution in [1.29, 1.82) is 0 Å². The van der Waals surface area contributed by atoms with E-state index in [2.05, 4.69) is 4.98 Å². The Bertz CT molecular complexity index is 555. The molecular formula is C13H18N2O4S. The number of sulfonamides is 1. The minimum absolute atomic E-state index is 0.107. The van der Waals surface area contributed by atoms with Crippen molar-refractivity contribution < 1.29 is 18.3 Å². The Morgan fingerprint density at radius 3 is 2.70 bits per heavy atom. The predicted octanol–water partition coefficient (Wildman–Crippen LogP) is 0.750. The first kappa shape index (κ1) is 14.9. The number of aliphatic carboxylic acids is 1. The molecule has 7 heteroatoms. The van der Waals surface area contributed by atoms with E-state index in [1.54, 1.807) is 24.4 Å². The van der Waals surface area contributed by atoms with Crippen LogP contribution in [0.2, 0.25) is 0 Å². The van der Waals surface area contributed by atoms with E-state index in [0.29, 0.717) is 24.6 Å². The summed E-state index contributed by atoms with van der Waals surface area (Å²) in [6.45, 7) is -0.141. The molecule has 0 unspecified atom stereocenters. The summed E-state index contributed by atoms with van der Waals surface area (Å²) in [4.78, 5) is 14.9. The number of aromatic nitrogens is 1. The van der Waals surface area contributed by atoms with Gasteiger partial charge in [0, 0.05) is 24.9 Å². The van der Waals surface area contributed by atoms with Gasteiger partial charge < -0.3 is 5.11 Å². The summed E-state index contributed by atoms with van der Waals surface area (Å²) in [5, 5.41) is 8.85. The molecule has 2 rings (SSSR count). The predicted molar refractivity (Wildman–Crippen MR) is 73.7 cm³/mol. The summed E-state index contributed by atoms with van der Waals surface area (Å²) < 4.78 is 25.6. The minimum atomic E-state index is -3.56. The van der Waals surface area contributed by atoms with Crippen LogP contribution in [0.15, 0.2) is 24.4 Å². The Labute approximate surface area is 118 Å². The van der Waals surface area contributed by atoms with Gasteiger partial charge in [-0.1, -0.05) is 6.07 Å². The van der Waals surface area contributed by atoms with Crippen LogP contribution in [-0.2, 0) is 21.2 Å². The number of aryl methyl sites for hydroxylation is 1. The average molecular weight is 298 g/mol. The molecule has 1 saturated carbocycles. The van der Waals surface area contributed by atoms with Crippen molar-refractivity contribution in [2.75, 3.05) is 18.8 Å². The van der Waals surface area contributed by atoms with Crippen LogP contribution in [0.4, 0.5) is 0 Å². The monoisotopic (exact) mass is 298 g/mol. The quantitative estimate of drug-likeness (QED) is 0.765. The SMILES string of the molecule is O=C(O)CN(CC1CC1)S(=O)(=O)CCc1ccccn1. The largest absolute Gasteiger partial charge is 0.480 e. The van der Waals surface area contributed by atoms with Crippen LogP contribution in [0, 0.1) is 5.92 Å². The lowest BCUT2D eigenvalue weighted by Gasteiger charge is -2.20.